The van der Waals surface area contributed by atoms with Crippen LogP contribution in [-0.4, -0.2) is 16.1 Å². The number of benzene rings is 2. The first-order valence-electron chi connectivity index (χ1n) is 7.50. The normalized spacial score (nSPS) is 15.6. The molecule has 0 bridgehead atoms. The van der Waals surface area contributed by atoms with Gasteiger partial charge in [0.25, 0.3) is 11.8 Å². The first-order valence-corrected chi connectivity index (χ1v) is 8.73. The van der Waals surface area contributed by atoms with Crippen molar-refractivity contribution in [3.63, 3.8) is 0 Å². The fourth-order valence-corrected chi connectivity index (χ4v) is 3.21. The minimum atomic E-state index is -0.190. The number of allylic oxidation sites excluding steroid dienone is 2. The zero-order valence-corrected chi connectivity index (χ0v) is 14.7. The lowest BCUT2D eigenvalue weighted by atomic mass is 10.1. The lowest BCUT2D eigenvalue weighted by Crippen LogP contribution is -2.17. The third-order valence-corrected chi connectivity index (χ3v) is 4.59. The molecule has 0 spiro atoms. The summed E-state index contributed by atoms with van der Waals surface area (Å²) in [5, 5.41) is 5.47. The molecular formula is C19H14N2O2S2. The number of hydrogen-bond donors (Lipinski definition) is 2. The number of nitrogens with one attached hydrogen (secondary N) is 2. The molecule has 25 heavy (non-hydrogen) atoms. The van der Waals surface area contributed by atoms with Crippen molar-refractivity contribution in [3.05, 3.63) is 82.8 Å². The van der Waals surface area contributed by atoms with Gasteiger partial charge in [-0.25, -0.2) is 0 Å². The second-order valence-corrected chi connectivity index (χ2v) is 6.86. The van der Waals surface area contributed by atoms with Crippen LogP contribution >= 0.6 is 24.0 Å². The Labute approximate surface area is 155 Å². The van der Waals surface area contributed by atoms with Gasteiger partial charge in [-0.2, -0.15) is 0 Å². The van der Waals surface area contributed by atoms with Gasteiger partial charge in [-0.05, 0) is 29.8 Å². The Balaban J connectivity index is 1.76. The molecule has 0 aliphatic carbocycles. The van der Waals surface area contributed by atoms with Crippen molar-refractivity contribution in [3.8, 4) is 0 Å². The van der Waals surface area contributed by atoms with Crippen LogP contribution in [0.1, 0.15) is 15.9 Å². The lowest BCUT2D eigenvalue weighted by molar-refractivity contribution is -0.115. The second kappa shape index (κ2) is 7.92. The smallest absolute Gasteiger partial charge is 0.263 e. The Morgan fingerprint density at radius 2 is 1.80 bits per heavy atom. The van der Waals surface area contributed by atoms with E-state index >= 15 is 0 Å². The number of thiocarbonyl (C=S) groups is 1. The molecule has 2 N–H and O–H groups in total. The van der Waals surface area contributed by atoms with Crippen molar-refractivity contribution in [2.75, 3.05) is 5.32 Å². The van der Waals surface area contributed by atoms with Gasteiger partial charge >= 0.3 is 0 Å². The molecule has 124 valence electrons. The first kappa shape index (κ1) is 17.1. The number of carbonyl (C=O) groups is 2. The SMILES string of the molecule is O=C1NC(=S)S/C1=C\C=C\c1ccccc1NC(=O)c1ccccc1. The zero-order valence-electron chi connectivity index (χ0n) is 13.1. The molecule has 0 unspecified atom stereocenters. The summed E-state index contributed by atoms with van der Waals surface area (Å²) in [5.41, 5.74) is 2.13. The van der Waals surface area contributed by atoms with Crippen LogP contribution in [0.5, 0.6) is 0 Å². The van der Waals surface area contributed by atoms with Crippen LogP contribution in [0, 0.1) is 0 Å². The first-order chi connectivity index (χ1) is 12.1. The fourth-order valence-electron chi connectivity index (χ4n) is 2.22. The number of hydrogen-bond acceptors (Lipinski definition) is 4. The molecule has 0 radical (unpaired) electrons. The third-order valence-electron chi connectivity index (χ3n) is 3.41. The number of para-hydroxylation sites is 1. The van der Waals surface area contributed by atoms with Gasteiger partial charge in [0.2, 0.25) is 0 Å². The molecule has 1 fully saturated rings. The van der Waals surface area contributed by atoms with Crippen LogP contribution in [-0.2, 0) is 4.79 Å². The minimum absolute atomic E-state index is 0.170. The average Bonchev–Trinajstić information content (AvgIpc) is 2.94. The molecule has 0 aromatic heterocycles. The molecule has 3 rings (SSSR count). The van der Waals surface area contributed by atoms with E-state index < -0.39 is 0 Å². The molecule has 6 heteroatoms. The predicted octanol–water partition coefficient (Wildman–Crippen LogP) is 3.98. The highest BCUT2D eigenvalue weighted by Gasteiger charge is 2.20. The Kier molecular flexibility index (Phi) is 5.42. The molecule has 2 aromatic carbocycles. The second-order valence-electron chi connectivity index (χ2n) is 5.14. The summed E-state index contributed by atoms with van der Waals surface area (Å²) in [6.45, 7) is 0. The van der Waals surface area contributed by atoms with Crippen molar-refractivity contribution in [2.45, 2.75) is 0 Å². The fraction of sp³-hybridized carbons (Fsp3) is 0. The minimum Gasteiger partial charge on any atom is -0.321 e. The average molecular weight is 366 g/mol. The maximum Gasteiger partial charge on any atom is 0.263 e. The summed E-state index contributed by atoms with van der Waals surface area (Å²) in [6.07, 6.45) is 5.31. The van der Waals surface area contributed by atoms with E-state index in [1.54, 1.807) is 24.3 Å². The molecule has 1 aliphatic heterocycles. The summed E-state index contributed by atoms with van der Waals surface area (Å²) in [5.74, 6) is -0.360. The molecule has 2 amide bonds. The van der Waals surface area contributed by atoms with E-state index in [0.29, 0.717) is 20.5 Å². The quantitative estimate of drug-likeness (QED) is 0.635. The van der Waals surface area contributed by atoms with Crippen LogP contribution in [0.2, 0.25) is 0 Å². The largest absolute Gasteiger partial charge is 0.321 e. The topological polar surface area (TPSA) is 58.2 Å². The molecule has 1 aliphatic rings. The Bertz CT molecular complexity index is 889. The van der Waals surface area contributed by atoms with Gasteiger partial charge in [-0.1, -0.05) is 72.5 Å². The van der Waals surface area contributed by atoms with E-state index in [4.69, 9.17) is 12.2 Å². The van der Waals surface area contributed by atoms with Crippen LogP contribution in [0.4, 0.5) is 5.69 Å². The van der Waals surface area contributed by atoms with E-state index in [0.717, 1.165) is 5.56 Å². The maximum atomic E-state index is 12.3. The summed E-state index contributed by atoms with van der Waals surface area (Å²) in [6, 6.07) is 16.5. The monoisotopic (exact) mass is 366 g/mol. The Morgan fingerprint density at radius 1 is 1.08 bits per heavy atom. The molecule has 1 saturated heterocycles. The number of anilines is 1. The number of carbonyl (C=O) groups excluding carboxylic acids is 2. The van der Waals surface area contributed by atoms with Crippen LogP contribution in [0.15, 0.2) is 71.7 Å². The van der Waals surface area contributed by atoms with Crippen molar-refractivity contribution in [1.82, 2.24) is 5.32 Å². The summed E-state index contributed by atoms with van der Waals surface area (Å²) >= 11 is 6.18. The van der Waals surface area contributed by atoms with Crippen molar-refractivity contribution in [2.24, 2.45) is 0 Å². The summed E-state index contributed by atoms with van der Waals surface area (Å²) < 4.78 is 0.458. The van der Waals surface area contributed by atoms with Gasteiger partial charge in [0.05, 0.1) is 4.91 Å². The van der Waals surface area contributed by atoms with E-state index in [2.05, 4.69) is 10.6 Å². The van der Waals surface area contributed by atoms with Gasteiger partial charge in [0.15, 0.2) is 0 Å². The molecule has 0 saturated carbocycles. The van der Waals surface area contributed by atoms with Crippen molar-refractivity contribution >= 4 is 51.9 Å². The van der Waals surface area contributed by atoms with Crippen molar-refractivity contribution < 1.29 is 9.59 Å². The van der Waals surface area contributed by atoms with Gasteiger partial charge in [-0.15, -0.1) is 0 Å². The molecule has 1 heterocycles. The summed E-state index contributed by atoms with van der Waals surface area (Å²) in [4.78, 5) is 24.5. The Morgan fingerprint density at radius 3 is 2.52 bits per heavy atom. The van der Waals surface area contributed by atoms with Crippen LogP contribution in [0.25, 0.3) is 6.08 Å². The molecular weight excluding hydrogens is 352 g/mol. The highest BCUT2D eigenvalue weighted by atomic mass is 32.2. The standard InChI is InChI=1S/C19H14N2O2S2/c22-17(14-8-2-1-3-9-14)20-15-11-5-4-7-13(15)10-6-12-16-18(23)21-19(24)25-16/h1-12H,(H,20,22)(H,21,23,24)/b10-6+,16-12-. The zero-order chi connectivity index (χ0) is 17.6. The van der Waals surface area contributed by atoms with E-state index in [-0.39, 0.29) is 11.8 Å². The van der Waals surface area contributed by atoms with E-state index in [9.17, 15) is 9.59 Å². The van der Waals surface area contributed by atoms with E-state index in [1.165, 1.54) is 11.8 Å². The highest BCUT2D eigenvalue weighted by molar-refractivity contribution is 8.26. The number of thioether (sulfide) groups is 1. The van der Waals surface area contributed by atoms with Gasteiger partial charge < -0.3 is 10.6 Å². The number of amides is 2. The summed E-state index contributed by atoms with van der Waals surface area (Å²) in [7, 11) is 0. The van der Waals surface area contributed by atoms with Gasteiger partial charge in [0.1, 0.15) is 4.32 Å². The molecule has 2 aromatic rings. The predicted molar refractivity (Wildman–Crippen MR) is 106 cm³/mol. The van der Waals surface area contributed by atoms with Crippen LogP contribution < -0.4 is 10.6 Å². The number of rotatable bonds is 4. The maximum absolute atomic E-state index is 12.3. The molecule has 4 nitrogen and oxygen atoms in total. The van der Waals surface area contributed by atoms with Gasteiger partial charge in [0, 0.05) is 11.3 Å². The highest BCUT2D eigenvalue weighted by Crippen LogP contribution is 2.24. The van der Waals surface area contributed by atoms with Crippen LogP contribution in [0.3, 0.4) is 0 Å². The Hall–Kier alpha value is -2.70. The van der Waals surface area contributed by atoms with Gasteiger partial charge in [-0.3, -0.25) is 9.59 Å². The lowest BCUT2D eigenvalue weighted by Gasteiger charge is -2.08. The molecule has 0 atom stereocenters. The van der Waals surface area contributed by atoms with E-state index in [1.807, 2.05) is 48.5 Å². The third kappa shape index (κ3) is 4.43. The van der Waals surface area contributed by atoms with Crippen molar-refractivity contribution in [1.29, 1.82) is 0 Å².